The van der Waals surface area contributed by atoms with Crippen LogP contribution in [0, 0.1) is 27.7 Å². The second kappa shape index (κ2) is 3.96. The second-order valence-corrected chi connectivity index (χ2v) is 3.92. The smallest absolute Gasteiger partial charge is 0.336 e. The summed E-state index contributed by atoms with van der Waals surface area (Å²) in [5.41, 5.74) is 8.43. The number of carboxylic acid groups (broad SMARTS) is 1. The number of carbonyl (C=O) groups excluding carboxylic acids is 1. The molecule has 16 heavy (non-hydrogen) atoms. The van der Waals surface area contributed by atoms with E-state index in [9.17, 15) is 9.59 Å². The van der Waals surface area contributed by atoms with E-state index in [2.05, 4.69) is 0 Å². The number of primary amides is 1. The molecule has 0 heterocycles. The van der Waals surface area contributed by atoms with Crippen LogP contribution in [0.15, 0.2) is 0 Å². The van der Waals surface area contributed by atoms with Crippen LogP contribution < -0.4 is 5.73 Å². The molecule has 0 spiro atoms. The van der Waals surface area contributed by atoms with Crippen LogP contribution in [0.3, 0.4) is 0 Å². The van der Waals surface area contributed by atoms with Crippen molar-refractivity contribution in [1.82, 2.24) is 0 Å². The number of benzene rings is 1. The summed E-state index contributed by atoms with van der Waals surface area (Å²) < 4.78 is 0. The molecule has 0 radical (unpaired) electrons. The van der Waals surface area contributed by atoms with E-state index in [1.54, 1.807) is 13.8 Å². The van der Waals surface area contributed by atoms with Crippen molar-refractivity contribution in [1.29, 1.82) is 0 Å². The van der Waals surface area contributed by atoms with Crippen molar-refractivity contribution in [2.75, 3.05) is 0 Å². The molecule has 4 heteroatoms. The Labute approximate surface area is 94.1 Å². The zero-order chi connectivity index (χ0) is 12.6. The predicted octanol–water partition coefficient (Wildman–Crippen LogP) is 1.72. The summed E-state index contributed by atoms with van der Waals surface area (Å²) in [5, 5.41) is 9.13. The molecular weight excluding hydrogens is 206 g/mol. The van der Waals surface area contributed by atoms with Gasteiger partial charge in [-0.3, -0.25) is 4.79 Å². The molecule has 0 saturated carbocycles. The average molecular weight is 221 g/mol. The highest BCUT2D eigenvalue weighted by Crippen LogP contribution is 2.26. The molecular formula is C12H15NO3. The van der Waals surface area contributed by atoms with Gasteiger partial charge in [0.25, 0.3) is 0 Å². The minimum Gasteiger partial charge on any atom is -0.478 e. The van der Waals surface area contributed by atoms with E-state index in [-0.39, 0.29) is 11.1 Å². The molecule has 0 aliphatic rings. The van der Waals surface area contributed by atoms with Gasteiger partial charge in [0.15, 0.2) is 0 Å². The van der Waals surface area contributed by atoms with Crippen LogP contribution in [0.2, 0.25) is 0 Å². The lowest BCUT2D eigenvalue weighted by molar-refractivity contribution is 0.0691. The Morgan fingerprint density at radius 2 is 1.25 bits per heavy atom. The van der Waals surface area contributed by atoms with Gasteiger partial charge in [-0.1, -0.05) is 0 Å². The third kappa shape index (κ3) is 1.66. The van der Waals surface area contributed by atoms with Crippen LogP contribution in [0.25, 0.3) is 0 Å². The lowest BCUT2D eigenvalue weighted by Gasteiger charge is -2.16. The summed E-state index contributed by atoms with van der Waals surface area (Å²) in [5.74, 6) is -1.81. The molecule has 4 nitrogen and oxygen atoms in total. The van der Waals surface area contributed by atoms with Crippen LogP contribution in [0.5, 0.6) is 0 Å². The number of amides is 1. The van der Waals surface area contributed by atoms with Crippen LogP contribution in [0.1, 0.15) is 43.0 Å². The maximum Gasteiger partial charge on any atom is 0.336 e. The molecule has 0 aliphatic heterocycles. The highest BCUT2D eigenvalue weighted by atomic mass is 16.4. The van der Waals surface area contributed by atoms with Gasteiger partial charge in [0.1, 0.15) is 0 Å². The zero-order valence-corrected chi connectivity index (χ0v) is 9.84. The summed E-state index contributed by atoms with van der Waals surface area (Å²) in [4.78, 5) is 22.5. The van der Waals surface area contributed by atoms with Gasteiger partial charge in [0.05, 0.1) is 11.1 Å². The van der Waals surface area contributed by atoms with Gasteiger partial charge >= 0.3 is 5.97 Å². The molecule has 1 aromatic rings. The second-order valence-electron chi connectivity index (χ2n) is 3.92. The van der Waals surface area contributed by atoms with Crippen LogP contribution in [-0.4, -0.2) is 17.0 Å². The molecule has 0 atom stereocenters. The van der Waals surface area contributed by atoms with Crippen molar-refractivity contribution >= 4 is 11.9 Å². The molecule has 0 aliphatic carbocycles. The number of nitrogens with two attached hydrogens (primary N) is 1. The Kier molecular flexibility index (Phi) is 3.03. The normalized spacial score (nSPS) is 10.2. The third-order valence-corrected chi connectivity index (χ3v) is 3.15. The van der Waals surface area contributed by atoms with Gasteiger partial charge in [-0.2, -0.15) is 0 Å². The van der Waals surface area contributed by atoms with E-state index in [0.29, 0.717) is 11.1 Å². The molecule has 0 unspecified atom stereocenters. The summed E-state index contributed by atoms with van der Waals surface area (Å²) in [6, 6.07) is 0. The lowest BCUT2D eigenvalue weighted by Crippen LogP contribution is -2.20. The minimum atomic E-state index is -1.11. The molecule has 0 saturated heterocycles. The van der Waals surface area contributed by atoms with E-state index >= 15 is 0 Å². The predicted molar refractivity (Wildman–Crippen MR) is 60.9 cm³/mol. The maximum absolute atomic E-state index is 11.3. The van der Waals surface area contributed by atoms with Crippen molar-refractivity contribution < 1.29 is 14.7 Å². The Morgan fingerprint density at radius 1 is 0.875 bits per heavy atom. The number of hydrogen-bond acceptors (Lipinski definition) is 2. The number of hydrogen-bond donors (Lipinski definition) is 2. The lowest BCUT2D eigenvalue weighted by atomic mass is 9.88. The number of rotatable bonds is 2. The average Bonchev–Trinajstić information content (AvgIpc) is 2.18. The first-order chi connectivity index (χ1) is 7.29. The summed E-state index contributed by atoms with van der Waals surface area (Å²) in [7, 11) is 0. The molecule has 0 fully saturated rings. The van der Waals surface area contributed by atoms with Crippen LogP contribution in [0.4, 0.5) is 0 Å². The molecule has 0 bridgehead atoms. The minimum absolute atomic E-state index is 0.0214. The van der Waals surface area contributed by atoms with Crippen molar-refractivity contribution in [3.8, 4) is 0 Å². The molecule has 1 amide bonds. The van der Waals surface area contributed by atoms with Gasteiger partial charge in [-0.05, 0) is 49.9 Å². The quantitative estimate of drug-likeness (QED) is 0.797. The first-order valence-electron chi connectivity index (χ1n) is 4.92. The van der Waals surface area contributed by atoms with E-state index in [0.717, 1.165) is 11.1 Å². The van der Waals surface area contributed by atoms with E-state index in [1.807, 2.05) is 13.8 Å². The highest BCUT2D eigenvalue weighted by molar-refractivity contribution is 6.06. The Balaban J connectivity index is 3.83. The van der Waals surface area contributed by atoms with Crippen molar-refractivity contribution in [3.63, 3.8) is 0 Å². The first kappa shape index (κ1) is 12.2. The fraction of sp³-hybridized carbons (Fsp3) is 0.333. The first-order valence-corrected chi connectivity index (χ1v) is 4.92. The van der Waals surface area contributed by atoms with Crippen molar-refractivity contribution in [2.24, 2.45) is 5.73 Å². The third-order valence-electron chi connectivity index (χ3n) is 3.15. The monoisotopic (exact) mass is 221 g/mol. The topological polar surface area (TPSA) is 80.4 Å². The number of carboxylic acids is 1. The fourth-order valence-corrected chi connectivity index (χ4v) is 1.89. The Hall–Kier alpha value is -1.84. The van der Waals surface area contributed by atoms with Gasteiger partial charge in [-0.25, -0.2) is 4.79 Å². The molecule has 1 rings (SSSR count). The van der Waals surface area contributed by atoms with Gasteiger partial charge in [0, 0.05) is 0 Å². The highest BCUT2D eigenvalue weighted by Gasteiger charge is 2.22. The fourth-order valence-electron chi connectivity index (χ4n) is 1.89. The maximum atomic E-state index is 11.3. The van der Waals surface area contributed by atoms with Gasteiger partial charge < -0.3 is 10.8 Å². The molecule has 1 aromatic carbocycles. The number of carbonyl (C=O) groups is 2. The van der Waals surface area contributed by atoms with E-state index < -0.39 is 11.9 Å². The largest absolute Gasteiger partial charge is 0.478 e. The van der Waals surface area contributed by atoms with Gasteiger partial charge in [0.2, 0.25) is 5.91 Å². The number of aromatic carboxylic acids is 1. The Morgan fingerprint density at radius 3 is 1.56 bits per heavy atom. The van der Waals surface area contributed by atoms with Crippen LogP contribution in [-0.2, 0) is 0 Å². The standard InChI is InChI=1S/C12H15NO3/c1-5-6(2)8(4)10(12(15)16)9(7(5)3)11(13)14/h1-4H3,(H2,13,14)(H,15,16). The van der Waals surface area contributed by atoms with E-state index in [1.165, 1.54) is 0 Å². The SMILES string of the molecule is Cc1c(C)c(C)c(C(=O)O)c(C(N)=O)c1C. The van der Waals surface area contributed by atoms with Gasteiger partial charge in [-0.15, -0.1) is 0 Å². The van der Waals surface area contributed by atoms with Crippen molar-refractivity contribution in [3.05, 3.63) is 33.4 Å². The summed E-state index contributed by atoms with van der Waals surface area (Å²) >= 11 is 0. The summed E-state index contributed by atoms with van der Waals surface area (Å²) in [6.45, 7) is 7.11. The van der Waals surface area contributed by atoms with Crippen LogP contribution >= 0.6 is 0 Å². The summed E-state index contributed by atoms with van der Waals surface area (Å²) in [6.07, 6.45) is 0. The Bertz CT molecular complexity index is 445. The van der Waals surface area contributed by atoms with Crippen molar-refractivity contribution in [2.45, 2.75) is 27.7 Å². The molecule has 0 aromatic heterocycles. The zero-order valence-electron chi connectivity index (χ0n) is 9.84. The molecule has 86 valence electrons. The van der Waals surface area contributed by atoms with E-state index in [4.69, 9.17) is 10.8 Å². The molecule has 3 N–H and O–H groups in total.